The lowest BCUT2D eigenvalue weighted by Crippen LogP contribution is -2.54. The third-order valence-corrected chi connectivity index (χ3v) is 8.31. The van der Waals surface area contributed by atoms with Crippen LogP contribution in [0.3, 0.4) is 0 Å². The number of unbranched alkanes of at least 4 members (excludes halogenated alkanes) is 2. The maximum atomic E-state index is 6.43. The van der Waals surface area contributed by atoms with Crippen molar-refractivity contribution < 1.29 is 27.8 Å². The lowest BCUT2D eigenvalue weighted by Gasteiger charge is -2.38. The van der Waals surface area contributed by atoms with Crippen LogP contribution in [0.2, 0.25) is 6.55 Å². The zero-order chi connectivity index (χ0) is 21.0. The summed E-state index contributed by atoms with van der Waals surface area (Å²) in [6.07, 6.45) is 5.99. The van der Waals surface area contributed by atoms with E-state index in [1.807, 2.05) is 20.8 Å². The van der Waals surface area contributed by atoms with E-state index in [1.165, 1.54) is 0 Å². The van der Waals surface area contributed by atoms with Gasteiger partial charge in [0.2, 0.25) is 0 Å². The lowest BCUT2D eigenvalue weighted by molar-refractivity contribution is -0.388. The highest BCUT2D eigenvalue weighted by molar-refractivity contribution is 6.67. The number of ether oxygens (including phenoxy) is 4. The topological polar surface area (TPSA) is 55.4 Å². The van der Waals surface area contributed by atoms with E-state index in [1.54, 1.807) is 0 Å². The molecule has 1 aliphatic heterocycles. The number of hydrogen-bond acceptors (Lipinski definition) is 6. The van der Waals surface area contributed by atoms with Gasteiger partial charge in [-0.05, 0) is 39.2 Å². The van der Waals surface area contributed by atoms with E-state index in [4.69, 9.17) is 27.8 Å². The maximum absolute atomic E-state index is 6.43. The van der Waals surface area contributed by atoms with Gasteiger partial charge < -0.3 is 23.1 Å². The van der Waals surface area contributed by atoms with Crippen LogP contribution >= 0.6 is 0 Å². The Hall–Kier alpha value is -0.0231. The fraction of sp³-hybridized carbons (Fsp3) is 1.00. The Morgan fingerprint density at radius 3 is 2.00 bits per heavy atom. The second-order valence-electron chi connectivity index (χ2n) is 7.68. The van der Waals surface area contributed by atoms with Crippen LogP contribution in [0, 0.1) is 0 Å². The van der Waals surface area contributed by atoms with E-state index < -0.39 is 20.8 Å². The van der Waals surface area contributed by atoms with E-state index in [9.17, 15) is 0 Å². The molecule has 28 heavy (non-hydrogen) atoms. The zero-order valence-corrected chi connectivity index (χ0v) is 20.3. The van der Waals surface area contributed by atoms with Crippen LogP contribution in [0.5, 0.6) is 0 Å². The first kappa shape index (κ1) is 26.0. The molecule has 1 aliphatic rings. The molecule has 0 saturated carbocycles. The number of hydrogen-bond donors (Lipinski definition) is 0. The smallest absolute Gasteiger partial charge is 0.364 e. The molecule has 0 aliphatic carbocycles. The summed E-state index contributed by atoms with van der Waals surface area (Å²) >= 11 is 0. The molecule has 0 radical (unpaired) electrons. The van der Waals surface area contributed by atoms with Crippen LogP contribution in [0.25, 0.3) is 0 Å². The summed E-state index contributed by atoms with van der Waals surface area (Å²) in [6.45, 7) is 16.6. The lowest BCUT2D eigenvalue weighted by atomic mass is 10.4. The van der Waals surface area contributed by atoms with Gasteiger partial charge in [0, 0.05) is 19.6 Å². The van der Waals surface area contributed by atoms with Crippen LogP contribution < -0.4 is 0 Å². The average Bonchev–Trinajstić information content (AvgIpc) is 3.06. The minimum Gasteiger partial charge on any atom is -0.393 e. The molecule has 1 fully saturated rings. The number of rotatable bonds is 16. The predicted molar refractivity (Wildman–Crippen MR) is 113 cm³/mol. The molecule has 0 bridgehead atoms. The summed E-state index contributed by atoms with van der Waals surface area (Å²) in [5.41, 5.74) is -0.112. The third-order valence-electron chi connectivity index (χ3n) is 5.04. The molecule has 0 aromatic rings. The van der Waals surface area contributed by atoms with Gasteiger partial charge in [-0.2, -0.15) is 0 Å². The van der Waals surface area contributed by atoms with E-state index in [0.29, 0.717) is 32.7 Å². The maximum Gasteiger partial charge on any atom is 0.364 e. The molecule has 0 N–H and O–H groups in total. The summed E-state index contributed by atoms with van der Waals surface area (Å²) in [7, 11) is -2.52. The van der Waals surface area contributed by atoms with Crippen molar-refractivity contribution in [3.05, 3.63) is 0 Å². The molecule has 0 aromatic carbocycles. The van der Waals surface area contributed by atoms with Crippen LogP contribution in [-0.2, 0) is 27.8 Å². The minimum absolute atomic E-state index is 0.0221. The van der Waals surface area contributed by atoms with Crippen molar-refractivity contribution in [2.24, 2.45) is 0 Å². The first-order valence-electron chi connectivity index (χ1n) is 11.3. The largest absolute Gasteiger partial charge is 0.393 e. The van der Waals surface area contributed by atoms with Crippen molar-refractivity contribution >= 4 is 8.56 Å². The highest BCUT2D eigenvalue weighted by atomic mass is 28.4. The first-order chi connectivity index (χ1) is 13.4. The highest BCUT2D eigenvalue weighted by Gasteiger charge is 2.46. The van der Waals surface area contributed by atoms with Crippen LogP contribution in [0.4, 0.5) is 0 Å². The van der Waals surface area contributed by atoms with Crippen LogP contribution in [-0.4, -0.2) is 52.5 Å². The summed E-state index contributed by atoms with van der Waals surface area (Å²) in [5.74, 6) is -1.01. The second-order valence-corrected chi connectivity index (χ2v) is 10.9. The molecule has 1 rings (SSSR count). The van der Waals surface area contributed by atoms with Gasteiger partial charge in [0.05, 0.1) is 12.7 Å². The molecule has 7 heteroatoms. The van der Waals surface area contributed by atoms with E-state index in [2.05, 4.69) is 27.3 Å². The molecule has 1 heterocycles. The fourth-order valence-corrected chi connectivity index (χ4v) is 5.89. The van der Waals surface area contributed by atoms with Crippen molar-refractivity contribution in [3.8, 4) is 0 Å². The average molecular weight is 421 g/mol. The van der Waals surface area contributed by atoms with E-state index >= 15 is 0 Å². The Morgan fingerprint density at radius 2 is 1.61 bits per heavy atom. The summed E-state index contributed by atoms with van der Waals surface area (Å²) in [5, 5.41) is 0. The van der Waals surface area contributed by atoms with Crippen molar-refractivity contribution in [3.63, 3.8) is 0 Å². The molecule has 168 valence electrons. The van der Waals surface area contributed by atoms with Crippen molar-refractivity contribution in [1.82, 2.24) is 0 Å². The molecule has 1 saturated heterocycles. The predicted octanol–water partition coefficient (Wildman–Crippen LogP) is 5.28. The Morgan fingerprint density at radius 1 is 1.00 bits per heavy atom. The van der Waals surface area contributed by atoms with E-state index in [0.717, 1.165) is 32.1 Å². The third kappa shape index (κ3) is 8.01. The Bertz CT molecular complexity index is 400. The molecule has 4 unspecified atom stereocenters. The minimum atomic E-state index is -2.52. The van der Waals surface area contributed by atoms with Crippen LogP contribution in [0.1, 0.15) is 86.5 Å². The summed E-state index contributed by atoms with van der Waals surface area (Å²) < 4.78 is 37.0. The van der Waals surface area contributed by atoms with Crippen LogP contribution in [0.15, 0.2) is 0 Å². The van der Waals surface area contributed by atoms with E-state index in [-0.39, 0.29) is 11.8 Å². The van der Waals surface area contributed by atoms with Gasteiger partial charge in [-0.1, -0.05) is 47.5 Å². The quantitative estimate of drug-likeness (QED) is 0.192. The Labute approximate surface area is 173 Å². The Balaban J connectivity index is 2.82. The molecule has 0 spiro atoms. The SMILES string of the molecule is CCCCO[Si](C)(OCCCC)C(CC)OC(CC)OC1(CC)OCC(C)O1. The molecule has 0 aromatic heterocycles. The Kier molecular flexibility index (Phi) is 12.4. The second kappa shape index (κ2) is 13.3. The summed E-state index contributed by atoms with van der Waals surface area (Å²) in [6, 6.07) is 0. The molecule has 0 amide bonds. The summed E-state index contributed by atoms with van der Waals surface area (Å²) in [4.78, 5) is 0. The highest BCUT2D eigenvalue weighted by Crippen LogP contribution is 2.32. The van der Waals surface area contributed by atoms with Crippen molar-refractivity contribution in [1.29, 1.82) is 0 Å². The van der Waals surface area contributed by atoms with Gasteiger partial charge in [-0.25, -0.2) is 0 Å². The van der Waals surface area contributed by atoms with Crippen molar-refractivity contribution in [2.75, 3.05) is 19.8 Å². The molecule has 6 nitrogen and oxygen atoms in total. The van der Waals surface area contributed by atoms with Crippen molar-refractivity contribution in [2.45, 2.75) is 117 Å². The van der Waals surface area contributed by atoms with Gasteiger partial charge in [-0.3, -0.25) is 4.74 Å². The van der Waals surface area contributed by atoms with Gasteiger partial charge in [0.1, 0.15) is 5.73 Å². The standard InChI is InChI=1S/C21H44O6Si/c1-8-13-15-23-28(7,24-16-14-9-2)20(11-4)25-19(10-3)27-21(12-5)22-17-18(6)26-21/h18-20H,8-17H2,1-7H3. The van der Waals surface area contributed by atoms with Gasteiger partial charge in [0.15, 0.2) is 6.29 Å². The van der Waals surface area contributed by atoms with Gasteiger partial charge in [-0.15, -0.1) is 0 Å². The fourth-order valence-electron chi connectivity index (χ4n) is 3.20. The monoisotopic (exact) mass is 420 g/mol. The van der Waals surface area contributed by atoms with Gasteiger partial charge >= 0.3 is 8.56 Å². The molecule has 4 atom stereocenters. The first-order valence-corrected chi connectivity index (χ1v) is 13.7. The van der Waals surface area contributed by atoms with Gasteiger partial charge in [0.25, 0.3) is 5.97 Å². The molecular weight excluding hydrogens is 376 g/mol. The zero-order valence-electron chi connectivity index (χ0n) is 19.3. The normalized spacial score (nSPS) is 25.2. The molecular formula is C21H44O6Si.